The molecule has 0 atom stereocenters. The van der Waals surface area contributed by atoms with Crippen molar-refractivity contribution >= 4 is 22.9 Å². The van der Waals surface area contributed by atoms with Crippen LogP contribution < -0.4 is 5.32 Å². The summed E-state index contributed by atoms with van der Waals surface area (Å²) >= 11 is 7.63. The molecule has 2 aliphatic rings. The highest BCUT2D eigenvalue weighted by Gasteiger charge is 2.40. The van der Waals surface area contributed by atoms with E-state index in [1.165, 1.54) is 30.6 Å². The topological polar surface area (TPSA) is 12.0 Å². The number of hydrogen-bond donors (Lipinski definition) is 1. The molecule has 0 bridgehead atoms. The molecule has 16 heavy (non-hydrogen) atoms. The summed E-state index contributed by atoms with van der Waals surface area (Å²) in [6.07, 6.45) is 6.96. The SMILES string of the molecule is Clc1ccc(CCNC(C2CC2)C2CC2)s1. The molecule has 3 rings (SSSR count). The maximum absolute atomic E-state index is 5.92. The third-order valence-corrected chi connectivity index (χ3v) is 4.93. The van der Waals surface area contributed by atoms with Gasteiger partial charge in [0.2, 0.25) is 0 Å². The fraction of sp³-hybridized carbons (Fsp3) is 0.692. The van der Waals surface area contributed by atoms with Crippen molar-refractivity contribution in [3.05, 3.63) is 21.3 Å². The van der Waals surface area contributed by atoms with E-state index in [0.717, 1.165) is 35.2 Å². The number of nitrogens with one attached hydrogen (secondary N) is 1. The predicted octanol–water partition coefficient (Wildman–Crippen LogP) is 3.72. The molecular weight excluding hydrogens is 238 g/mol. The van der Waals surface area contributed by atoms with Gasteiger partial charge < -0.3 is 5.32 Å². The van der Waals surface area contributed by atoms with Crippen molar-refractivity contribution in [1.82, 2.24) is 5.32 Å². The van der Waals surface area contributed by atoms with Gasteiger partial charge in [0.15, 0.2) is 0 Å². The lowest BCUT2D eigenvalue weighted by atomic mass is 10.1. The highest BCUT2D eigenvalue weighted by Crippen LogP contribution is 2.44. The van der Waals surface area contributed by atoms with Gasteiger partial charge in [0, 0.05) is 17.5 Å². The van der Waals surface area contributed by atoms with Crippen LogP contribution in [0.2, 0.25) is 4.34 Å². The normalized spacial score (nSPS) is 20.6. The molecule has 2 fully saturated rings. The van der Waals surface area contributed by atoms with Crippen molar-refractivity contribution in [2.24, 2.45) is 11.8 Å². The Bertz CT molecular complexity index is 343. The van der Waals surface area contributed by atoms with Crippen LogP contribution in [0.3, 0.4) is 0 Å². The van der Waals surface area contributed by atoms with Crippen molar-refractivity contribution in [2.45, 2.75) is 38.1 Å². The van der Waals surface area contributed by atoms with Crippen molar-refractivity contribution in [3.8, 4) is 0 Å². The van der Waals surface area contributed by atoms with Gasteiger partial charge in [-0.2, -0.15) is 0 Å². The molecule has 0 amide bonds. The van der Waals surface area contributed by atoms with E-state index >= 15 is 0 Å². The average molecular weight is 256 g/mol. The van der Waals surface area contributed by atoms with Crippen molar-refractivity contribution < 1.29 is 0 Å². The summed E-state index contributed by atoms with van der Waals surface area (Å²) in [5, 5.41) is 3.76. The summed E-state index contributed by atoms with van der Waals surface area (Å²) in [6.45, 7) is 1.12. The van der Waals surface area contributed by atoms with E-state index < -0.39 is 0 Å². The molecule has 2 aliphatic carbocycles. The molecule has 1 heterocycles. The molecule has 0 radical (unpaired) electrons. The lowest BCUT2D eigenvalue weighted by molar-refractivity contribution is 0.420. The first kappa shape index (κ1) is 11.1. The standard InChI is InChI=1S/C13H18ClNS/c14-12-6-5-11(16-12)7-8-15-13(9-1-2-9)10-3-4-10/h5-6,9-10,13,15H,1-4,7-8H2. The quantitative estimate of drug-likeness (QED) is 0.817. The molecule has 1 N–H and O–H groups in total. The van der Waals surface area contributed by atoms with Crippen LogP contribution in [0.15, 0.2) is 12.1 Å². The number of rotatable bonds is 6. The van der Waals surface area contributed by atoms with E-state index in [2.05, 4.69) is 11.4 Å². The number of halogens is 1. The lowest BCUT2D eigenvalue weighted by Crippen LogP contribution is -2.34. The molecule has 3 heteroatoms. The lowest BCUT2D eigenvalue weighted by Gasteiger charge is -2.17. The van der Waals surface area contributed by atoms with Crippen LogP contribution in [-0.4, -0.2) is 12.6 Å². The second-order valence-electron chi connectivity index (χ2n) is 5.11. The van der Waals surface area contributed by atoms with Crippen molar-refractivity contribution in [2.75, 3.05) is 6.54 Å². The zero-order valence-electron chi connectivity index (χ0n) is 9.42. The Hall–Kier alpha value is -0.0500. The third-order valence-electron chi connectivity index (χ3n) is 3.64. The Morgan fingerprint density at radius 1 is 1.25 bits per heavy atom. The highest BCUT2D eigenvalue weighted by atomic mass is 35.5. The largest absolute Gasteiger partial charge is 0.313 e. The van der Waals surface area contributed by atoms with Crippen LogP contribution in [0.4, 0.5) is 0 Å². The minimum Gasteiger partial charge on any atom is -0.313 e. The summed E-state index contributed by atoms with van der Waals surface area (Å²) in [4.78, 5) is 1.41. The van der Waals surface area contributed by atoms with Crippen LogP contribution in [0, 0.1) is 11.8 Å². The second-order valence-corrected chi connectivity index (χ2v) is 6.91. The summed E-state index contributed by atoms with van der Waals surface area (Å²) in [7, 11) is 0. The maximum atomic E-state index is 5.92. The fourth-order valence-corrected chi connectivity index (χ4v) is 3.56. The van der Waals surface area contributed by atoms with Gasteiger partial charge in [0.05, 0.1) is 4.34 Å². The molecule has 0 spiro atoms. The minimum absolute atomic E-state index is 0.829. The molecular formula is C13H18ClNS. The first-order valence-corrected chi connectivity index (χ1v) is 7.50. The molecule has 88 valence electrons. The van der Waals surface area contributed by atoms with Gasteiger partial charge >= 0.3 is 0 Å². The Labute approximate surface area is 106 Å². The molecule has 0 aromatic carbocycles. The second kappa shape index (κ2) is 4.67. The van der Waals surface area contributed by atoms with E-state index in [-0.39, 0.29) is 0 Å². The first-order chi connectivity index (χ1) is 7.83. The van der Waals surface area contributed by atoms with E-state index in [4.69, 9.17) is 11.6 Å². The first-order valence-electron chi connectivity index (χ1n) is 6.30. The summed E-state index contributed by atoms with van der Waals surface area (Å²) < 4.78 is 0.913. The van der Waals surface area contributed by atoms with E-state index in [0.29, 0.717) is 0 Å². The molecule has 1 aromatic rings. The van der Waals surface area contributed by atoms with Gasteiger partial charge in [-0.25, -0.2) is 0 Å². The Balaban J connectivity index is 1.44. The van der Waals surface area contributed by atoms with Crippen LogP contribution in [0.5, 0.6) is 0 Å². The Morgan fingerprint density at radius 2 is 1.94 bits per heavy atom. The molecule has 1 aromatic heterocycles. The monoisotopic (exact) mass is 255 g/mol. The Kier molecular flexibility index (Phi) is 3.23. The van der Waals surface area contributed by atoms with Crippen molar-refractivity contribution in [3.63, 3.8) is 0 Å². The van der Waals surface area contributed by atoms with Crippen LogP contribution >= 0.6 is 22.9 Å². The van der Waals surface area contributed by atoms with Gasteiger partial charge in [0.1, 0.15) is 0 Å². The molecule has 2 saturated carbocycles. The van der Waals surface area contributed by atoms with Crippen LogP contribution in [0.25, 0.3) is 0 Å². The summed E-state index contributed by atoms with van der Waals surface area (Å²) in [5.74, 6) is 2.00. The van der Waals surface area contributed by atoms with Gasteiger partial charge in [-0.05, 0) is 56.1 Å². The van der Waals surface area contributed by atoms with Crippen molar-refractivity contribution in [1.29, 1.82) is 0 Å². The van der Waals surface area contributed by atoms with Gasteiger partial charge in [0.25, 0.3) is 0 Å². The average Bonchev–Trinajstić information content (AvgIpc) is 3.15. The van der Waals surface area contributed by atoms with Gasteiger partial charge in [-0.15, -0.1) is 11.3 Å². The molecule has 1 nitrogen and oxygen atoms in total. The molecule has 0 saturated heterocycles. The van der Waals surface area contributed by atoms with Gasteiger partial charge in [-0.3, -0.25) is 0 Å². The minimum atomic E-state index is 0.829. The summed E-state index contributed by atoms with van der Waals surface area (Å²) in [5.41, 5.74) is 0. The zero-order chi connectivity index (χ0) is 11.0. The highest BCUT2D eigenvalue weighted by molar-refractivity contribution is 7.16. The third kappa shape index (κ3) is 2.79. The van der Waals surface area contributed by atoms with Crippen LogP contribution in [0.1, 0.15) is 30.6 Å². The Morgan fingerprint density at radius 3 is 2.44 bits per heavy atom. The van der Waals surface area contributed by atoms with E-state index in [1.54, 1.807) is 11.3 Å². The number of hydrogen-bond acceptors (Lipinski definition) is 2. The fourth-order valence-electron chi connectivity index (χ4n) is 2.48. The summed E-state index contributed by atoms with van der Waals surface area (Å²) in [6, 6.07) is 4.98. The smallest absolute Gasteiger partial charge is 0.0931 e. The maximum Gasteiger partial charge on any atom is 0.0931 e. The molecule has 0 unspecified atom stereocenters. The van der Waals surface area contributed by atoms with Crippen LogP contribution in [-0.2, 0) is 6.42 Å². The zero-order valence-corrected chi connectivity index (χ0v) is 11.0. The van der Waals surface area contributed by atoms with Gasteiger partial charge in [-0.1, -0.05) is 11.6 Å². The molecule has 0 aliphatic heterocycles. The number of thiophene rings is 1. The van der Waals surface area contributed by atoms with E-state index in [1.807, 2.05) is 6.07 Å². The van der Waals surface area contributed by atoms with E-state index in [9.17, 15) is 0 Å². The predicted molar refractivity (Wildman–Crippen MR) is 70.3 cm³/mol.